The topological polar surface area (TPSA) is 128 Å². The van der Waals surface area contributed by atoms with Gasteiger partial charge in [0, 0.05) is 31.0 Å². The van der Waals surface area contributed by atoms with Crippen LogP contribution in [0.4, 0.5) is 0 Å². The Morgan fingerprint density at radius 2 is 1.46 bits per heavy atom. The molecule has 1 aliphatic rings. The van der Waals surface area contributed by atoms with E-state index in [0.29, 0.717) is 17.2 Å². The van der Waals surface area contributed by atoms with Crippen molar-refractivity contribution in [2.45, 2.75) is 13.8 Å². The smallest absolute Gasteiger partial charge is 0.308 e. The zero-order valence-corrected chi connectivity index (χ0v) is 20.8. The third-order valence-corrected chi connectivity index (χ3v) is 5.52. The fraction of sp³-hybridized carbons (Fsp3) is 0.0667. The van der Waals surface area contributed by atoms with E-state index in [2.05, 4.69) is 4.98 Å². The highest BCUT2D eigenvalue weighted by Crippen LogP contribution is 2.47. The lowest BCUT2D eigenvalue weighted by molar-refractivity contribution is -0.132. The molecule has 1 N–H and O–H groups in total. The number of ether oxygens (including phenoxy) is 3. The minimum absolute atomic E-state index is 0.0705. The van der Waals surface area contributed by atoms with E-state index in [1.165, 1.54) is 56.3 Å². The first-order valence-electron chi connectivity index (χ1n) is 11.8. The van der Waals surface area contributed by atoms with Crippen LogP contribution in [0.2, 0.25) is 0 Å². The van der Waals surface area contributed by atoms with E-state index in [9.17, 15) is 19.5 Å². The number of phenolic OH excluding ortho intramolecular Hbond substituents is 1. The highest BCUT2D eigenvalue weighted by molar-refractivity contribution is 6.10. The summed E-state index contributed by atoms with van der Waals surface area (Å²) in [4.78, 5) is 38.5. The molecule has 0 spiro atoms. The molecule has 39 heavy (non-hydrogen) atoms. The molecule has 0 amide bonds. The number of oxazole rings is 1. The van der Waals surface area contributed by atoms with Gasteiger partial charge < -0.3 is 23.7 Å². The molecule has 1 aliphatic heterocycles. The summed E-state index contributed by atoms with van der Waals surface area (Å²) in [6.07, 6.45) is 0. The first-order chi connectivity index (χ1) is 18.8. The van der Waals surface area contributed by atoms with Gasteiger partial charge in [-0.3, -0.25) is 14.4 Å². The molecule has 6 rings (SSSR count). The van der Waals surface area contributed by atoms with Gasteiger partial charge in [0.25, 0.3) is 0 Å². The molecule has 0 fully saturated rings. The van der Waals surface area contributed by atoms with E-state index in [-0.39, 0.29) is 17.1 Å². The molecular formula is C30H21NO8. The van der Waals surface area contributed by atoms with Crippen molar-refractivity contribution in [2.24, 2.45) is 0 Å². The van der Waals surface area contributed by atoms with E-state index in [0.717, 1.165) is 28.2 Å². The maximum Gasteiger partial charge on any atom is 0.308 e. The fourth-order valence-electron chi connectivity index (χ4n) is 3.72. The third kappa shape index (κ3) is 5.94. The zero-order valence-electron chi connectivity index (χ0n) is 20.8. The van der Waals surface area contributed by atoms with Crippen LogP contribution in [0.3, 0.4) is 0 Å². The van der Waals surface area contributed by atoms with Crippen LogP contribution in [-0.4, -0.2) is 27.8 Å². The van der Waals surface area contributed by atoms with Gasteiger partial charge in [-0.15, -0.1) is 0 Å². The molecule has 1 aromatic heterocycles. The number of hydrogen-bond acceptors (Lipinski definition) is 9. The van der Waals surface area contributed by atoms with Gasteiger partial charge in [-0.2, -0.15) is 0 Å². The molecule has 5 aromatic rings. The largest absolute Gasteiger partial charge is 0.507 e. The predicted molar refractivity (Wildman–Crippen MR) is 140 cm³/mol. The number of hydrogen-bond donors (Lipinski definition) is 1. The Morgan fingerprint density at radius 1 is 0.769 bits per heavy atom. The van der Waals surface area contributed by atoms with Gasteiger partial charge in [0.2, 0.25) is 5.89 Å². The molecule has 0 saturated carbocycles. The Morgan fingerprint density at radius 3 is 2.13 bits per heavy atom. The summed E-state index contributed by atoms with van der Waals surface area (Å²) >= 11 is 0. The molecule has 4 aromatic carbocycles. The number of para-hydroxylation sites is 2. The maximum atomic E-state index is 12.4. The summed E-state index contributed by atoms with van der Waals surface area (Å²) in [5.41, 5.74) is 3.02. The van der Waals surface area contributed by atoms with Gasteiger partial charge in [0.05, 0.1) is 5.56 Å². The molecule has 0 bridgehead atoms. The number of phenols is 1. The van der Waals surface area contributed by atoms with Crippen LogP contribution in [0.5, 0.6) is 28.7 Å². The lowest BCUT2D eigenvalue weighted by Gasteiger charge is -2.07. The number of aromatic nitrogens is 1. The molecule has 0 saturated heterocycles. The molecule has 0 radical (unpaired) electrons. The molecule has 194 valence electrons. The Kier molecular flexibility index (Phi) is 6.79. The van der Waals surface area contributed by atoms with Crippen molar-refractivity contribution in [2.75, 3.05) is 0 Å². The van der Waals surface area contributed by atoms with E-state index in [1.54, 1.807) is 0 Å². The van der Waals surface area contributed by atoms with Crippen LogP contribution in [-0.2, 0) is 9.59 Å². The molecule has 9 nitrogen and oxygen atoms in total. The average molecular weight is 523 g/mol. The third-order valence-electron chi connectivity index (χ3n) is 5.52. The van der Waals surface area contributed by atoms with Crippen molar-refractivity contribution >= 4 is 28.8 Å². The Balaban J connectivity index is 0.000000167. The van der Waals surface area contributed by atoms with Crippen LogP contribution in [0.25, 0.3) is 22.6 Å². The molecule has 9 heteroatoms. The van der Waals surface area contributed by atoms with Crippen molar-refractivity contribution < 1.29 is 38.1 Å². The first-order valence-corrected chi connectivity index (χ1v) is 11.8. The number of nitrogens with zero attached hydrogens (tertiary/aromatic N) is 1. The number of benzene rings is 4. The van der Waals surface area contributed by atoms with Gasteiger partial charge in [0.15, 0.2) is 22.9 Å². The van der Waals surface area contributed by atoms with Gasteiger partial charge in [0.1, 0.15) is 22.8 Å². The van der Waals surface area contributed by atoms with Crippen LogP contribution in [0.1, 0.15) is 29.8 Å². The summed E-state index contributed by atoms with van der Waals surface area (Å²) in [6.45, 7) is 2.52. The van der Waals surface area contributed by atoms with Crippen molar-refractivity contribution in [1.82, 2.24) is 4.98 Å². The van der Waals surface area contributed by atoms with E-state index in [4.69, 9.17) is 18.6 Å². The van der Waals surface area contributed by atoms with Crippen molar-refractivity contribution in [3.63, 3.8) is 0 Å². The average Bonchev–Trinajstić information content (AvgIpc) is 3.56. The van der Waals surface area contributed by atoms with Crippen LogP contribution in [0, 0.1) is 0 Å². The Hall–Kier alpha value is -5.44. The SMILES string of the molecule is CC(=O)Oc1ccc(C(=O)c2ccc(OC(C)=O)cc2O)cc1.c1ccc2oc(-c3ccc4c(c3)O4)nc2c1. The number of esters is 2. The molecule has 0 atom stereocenters. The molecule has 2 heterocycles. The summed E-state index contributed by atoms with van der Waals surface area (Å²) in [7, 11) is 0. The zero-order chi connectivity index (χ0) is 27.5. The Bertz CT molecular complexity index is 1690. The number of aromatic hydroxyl groups is 1. The van der Waals surface area contributed by atoms with Crippen LogP contribution < -0.4 is 14.2 Å². The summed E-state index contributed by atoms with van der Waals surface area (Å²) < 4.78 is 20.6. The normalized spacial score (nSPS) is 10.9. The van der Waals surface area contributed by atoms with Crippen molar-refractivity contribution in [1.29, 1.82) is 0 Å². The number of ketones is 1. The van der Waals surface area contributed by atoms with Crippen LogP contribution >= 0.6 is 0 Å². The second kappa shape index (κ2) is 10.5. The predicted octanol–water partition coefficient (Wildman–Crippen LogP) is 6.07. The minimum atomic E-state index is -0.524. The molecule has 0 unspecified atom stereocenters. The van der Waals surface area contributed by atoms with Gasteiger partial charge >= 0.3 is 11.9 Å². The molecular weight excluding hydrogens is 502 g/mol. The highest BCUT2D eigenvalue weighted by Gasteiger charge is 2.21. The summed E-state index contributed by atoms with van der Waals surface area (Å²) in [6, 6.07) is 23.5. The first kappa shape index (κ1) is 25.2. The molecule has 0 aliphatic carbocycles. The highest BCUT2D eigenvalue weighted by atomic mass is 16.6. The lowest BCUT2D eigenvalue weighted by atomic mass is 10.0. The second-order valence-electron chi connectivity index (χ2n) is 8.47. The quantitative estimate of drug-likeness (QED) is 0.124. The van der Waals surface area contributed by atoms with Crippen LogP contribution in [0.15, 0.2) is 89.3 Å². The van der Waals surface area contributed by atoms with E-state index in [1.807, 2.05) is 42.5 Å². The number of fused-ring (bicyclic) bond motifs is 2. The minimum Gasteiger partial charge on any atom is -0.507 e. The standard InChI is InChI=1S/C17H14O6.C13H7NO2/c1-10(18)22-13-5-3-12(4-6-13)17(21)15-8-7-14(9-16(15)20)23-11(2)19;1-2-4-10-9(3-1)14-13(16-10)8-5-6-11-12(7-8)15-11/h3-9,20H,1-2H3;1-7H. The van der Waals surface area contributed by atoms with Gasteiger partial charge in [-0.1, -0.05) is 12.1 Å². The number of rotatable bonds is 5. The van der Waals surface area contributed by atoms with Crippen molar-refractivity contribution in [3.8, 4) is 40.2 Å². The van der Waals surface area contributed by atoms with Gasteiger partial charge in [-0.25, -0.2) is 4.98 Å². The second-order valence-corrected chi connectivity index (χ2v) is 8.47. The van der Waals surface area contributed by atoms with Crippen molar-refractivity contribution in [3.05, 3.63) is 96.1 Å². The lowest BCUT2D eigenvalue weighted by Crippen LogP contribution is -2.05. The number of carbonyl (C=O) groups is 3. The Labute approximate surface area is 222 Å². The summed E-state index contributed by atoms with van der Waals surface area (Å²) in [5, 5.41) is 9.93. The van der Waals surface area contributed by atoms with E-state index < -0.39 is 17.7 Å². The fourth-order valence-corrected chi connectivity index (χ4v) is 3.72. The number of carbonyl (C=O) groups excluding carboxylic acids is 3. The van der Waals surface area contributed by atoms with Gasteiger partial charge in [-0.05, 0) is 66.7 Å². The monoisotopic (exact) mass is 523 g/mol. The van der Waals surface area contributed by atoms with E-state index >= 15 is 0 Å². The summed E-state index contributed by atoms with van der Waals surface area (Å²) in [5.74, 6) is 1.29. The maximum absolute atomic E-state index is 12.4.